The van der Waals surface area contributed by atoms with Crippen LogP contribution in [0, 0.1) is 6.92 Å². The van der Waals surface area contributed by atoms with Crippen molar-refractivity contribution in [3.63, 3.8) is 0 Å². The van der Waals surface area contributed by atoms with Gasteiger partial charge in [0.25, 0.3) is 0 Å². The zero-order chi connectivity index (χ0) is 16.1. The summed E-state index contributed by atoms with van der Waals surface area (Å²) in [6.07, 6.45) is -4.56. The highest BCUT2D eigenvalue weighted by Gasteiger charge is 2.40. The minimum absolute atomic E-state index is 0.125. The number of halogens is 3. The molecule has 0 fully saturated rings. The first-order chi connectivity index (χ1) is 9.73. The average molecular weight is 305 g/mol. The molecule has 0 aromatic heterocycles. The van der Waals surface area contributed by atoms with E-state index in [1.165, 1.54) is 0 Å². The van der Waals surface area contributed by atoms with Gasteiger partial charge < -0.3 is 15.6 Å². The first kappa shape index (κ1) is 17.5. The van der Waals surface area contributed by atoms with Crippen molar-refractivity contribution < 1.29 is 27.8 Å². The first-order valence-electron chi connectivity index (χ1n) is 6.37. The minimum atomic E-state index is -4.43. The van der Waals surface area contributed by atoms with Crippen molar-refractivity contribution in [3.8, 4) is 0 Å². The largest absolute Gasteiger partial charge is 0.481 e. The van der Waals surface area contributed by atoms with Gasteiger partial charge in [0.2, 0.25) is 0 Å². The minimum Gasteiger partial charge on any atom is -0.481 e. The number of rotatable bonds is 7. The molecule has 1 atom stereocenters. The Morgan fingerprint density at radius 2 is 1.95 bits per heavy atom. The van der Waals surface area contributed by atoms with Crippen molar-refractivity contribution >= 4 is 5.97 Å². The lowest BCUT2D eigenvalue weighted by atomic mass is 9.76. The zero-order valence-electron chi connectivity index (χ0n) is 11.6. The van der Waals surface area contributed by atoms with Crippen LogP contribution in [0.3, 0.4) is 0 Å². The van der Waals surface area contributed by atoms with E-state index < -0.39 is 24.2 Å². The van der Waals surface area contributed by atoms with E-state index in [-0.39, 0.29) is 19.6 Å². The van der Waals surface area contributed by atoms with E-state index in [9.17, 15) is 23.1 Å². The second-order valence-corrected chi connectivity index (χ2v) is 4.82. The molecular formula is C14H18F3NO3. The third-order valence-corrected chi connectivity index (χ3v) is 3.36. The van der Waals surface area contributed by atoms with E-state index in [0.717, 1.165) is 5.56 Å². The highest BCUT2D eigenvalue weighted by Crippen LogP contribution is 2.30. The lowest BCUT2D eigenvalue weighted by Crippen LogP contribution is -2.44. The number of alkyl halides is 3. The number of aryl methyl sites for hydroxylation is 1. The Balaban J connectivity index is 2.91. The van der Waals surface area contributed by atoms with Crippen molar-refractivity contribution in [2.24, 2.45) is 5.73 Å². The maximum Gasteiger partial charge on any atom is 0.411 e. The molecule has 1 aromatic carbocycles. The lowest BCUT2D eigenvalue weighted by Gasteiger charge is -2.30. The second-order valence-electron chi connectivity index (χ2n) is 4.82. The number of benzene rings is 1. The van der Waals surface area contributed by atoms with Crippen LogP contribution in [0.25, 0.3) is 0 Å². The molecule has 7 heteroatoms. The Hall–Kier alpha value is -1.60. The van der Waals surface area contributed by atoms with Gasteiger partial charge in [-0.05, 0) is 24.5 Å². The SMILES string of the molecule is Cc1ccccc1C(CN)(CCOCC(F)(F)F)C(=O)O. The fraction of sp³-hybridized carbons (Fsp3) is 0.500. The molecule has 0 radical (unpaired) electrons. The van der Waals surface area contributed by atoms with Crippen LogP contribution in [-0.2, 0) is 14.9 Å². The quantitative estimate of drug-likeness (QED) is 0.758. The van der Waals surface area contributed by atoms with E-state index in [1.807, 2.05) is 0 Å². The van der Waals surface area contributed by atoms with Crippen LogP contribution in [0.5, 0.6) is 0 Å². The van der Waals surface area contributed by atoms with Crippen LogP contribution in [0.1, 0.15) is 17.5 Å². The van der Waals surface area contributed by atoms with Gasteiger partial charge in [0.05, 0.1) is 0 Å². The molecule has 118 valence electrons. The van der Waals surface area contributed by atoms with Crippen LogP contribution in [-0.4, -0.2) is 37.0 Å². The molecule has 0 amide bonds. The van der Waals surface area contributed by atoms with Gasteiger partial charge in [-0.25, -0.2) is 0 Å². The zero-order valence-corrected chi connectivity index (χ0v) is 11.6. The van der Waals surface area contributed by atoms with Crippen molar-refractivity contribution in [1.29, 1.82) is 0 Å². The maximum atomic E-state index is 12.0. The summed E-state index contributed by atoms with van der Waals surface area (Å²) in [4.78, 5) is 11.6. The lowest BCUT2D eigenvalue weighted by molar-refractivity contribution is -0.175. The van der Waals surface area contributed by atoms with E-state index in [1.54, 1.807) is 31.2 Å². The summed E-state index contributed by atoms with van der Waals surface area (Å²) < 4.78 is 40.6. The molecular weight excluding hydrogens is 287 g/mol. The van der Waals surface area contributed by atoms with Crippen molar-refractivity contribution in [1.82, 2.24) is 0 Å². The smallest absolute Gasteiger partial charge is 0.411 e. The number of nitrogens with two attached hydrogens (primary N) is 1. The number of carbonyl (C=O) groups is 1. The third-order valence-electron chi connectivity index (χ3n) is 3.36. The highest BCUT2D eigenvalue weighted by atomic mass is 19.4. The molecule has 0 aliphatic rings. The number of carboxylic acids is 1. The van der Waals surface area contributed by atoms with Gasteiger partial charge in [0.1, 0.15) is 12.0 Å². The van der Waals surface area contributed by atoms with E-state index >= 15 is 0 Å². The number of hydrogen-bond acceptors (Lipinski definition) is 3. The summed E-state index contributed by atoms with van der Waals surface area (Å²) in [5.74, 6) is -1.17. The Morgan fingerprint density at radius 1 is 1.33 bits per heavy atom. The number of hydrogen-bond donors (Lipinski definition) is 2. The molecule has 0 saturated carbocycles. The monoisotopic (exact) mass is 305 g/mol. The first-order valence-corrected chi connectivity index (χ1v) is 6.37. The standard InChI is InChI=1S/C14H18F3NO3/c1-10-4-2-3-5-11(10)13(8-18,12(19)20)6-7-21-9-14(15,16)17/h2-5H,6-9,18H2,1H3,(H,19,20). The third kappa shape index (κ3) is 4.44. The molecule has 0 aliphatic heterocycles. The van der Waals surface area contributed by atoms with Crippen LogP contribution in [0.15, 0.2) is 24.3 Å². The number of aliphatic carboxylic acids is 1. The van der Waals surface area contributed by atoms with Crippen LogP contribution >= 0.6 is 0 Å². The van der Waals surface area contributed by atoms with Gasteiger partial charge in [0.15, 0.2) is 0 Å². The number of ether oxygens (including phenoxy) is 1. The van der Waals surface area contributed by atoms with Crippen LogP contribution in [0.4, 0.5) is 13.2 Å². The van der Waals surface area contributed by atoms with Crippen molar-refractivity contribution in [3.05, 3.63) is 35.4 Å². The van der Waals surface area contributed by atoms with Gasteiger partial charge in [0, 0.05) is 13.2 Å². The average Bonchev–Trinajstić information content (AvgIpc) is 2.39. The van der Waals surface area contributed by atoms with E-state index in [0.29, 0.717) is 5.56 Å². The van der Waals surface area contributed by atoms with Crippen molar-refractivity contribution in [2.45, 2.75) is 24.9 Å². The summed E-state index contributed by atoms with van der Waals surface area (Å²) in [7, 11) is 0. The van der Waals surface area contributed by atoms with Gasteiger partial charge in [-0.2, -0.15) is 13.2 Å². The number of carboxylic acid groups (broad SMARTS) is 1. The summed E-state index contributed by atoms with van der Waals surface area (Å²) in [5.41, 5.74) is 5.39. The summed E-state index contributed by atoms with van der Waals surface area (Å²) in [5, 5.41) is 9.50. The summed E-state index contributed by atoms with van der Waals surface area (Å²) in [6.45, 7) is -0.222. The Morgan fingerprint density at radius 3 is 2.43 bits per heavy atom. The molecule has 0 bridgehead atoms. The Labute approximate surface area is 120 Å². The molecule has 1 aromatic rings. The summed E-state index contributed by atoms with van der Waals surface area (Å²) in [6, 6.07) is 6.79. The molecule has 1 unspecified atom stereocenters. The summed E-state index contributed by atoms with van der Waals surface area (Å²) >= 11 is 0. The molecule has 0 heterocycles. The molecule has 0 saturated heterocycles. The molecule has 21 heavy (non-hydrogen) atoms. The predicted molar refractivity (Wildman–Crippen MR) is 71.0 cm³/mol. The predicted octanol–water partition coefficient (Wildman–Crippen LogP) is 2.25. The van der Waals surface area contributed by atoms with E-state index in [4.69, 9.17) is 5.73 Å². The van der Waals surface area contributed by atoms with Gasteiger partial charge in [-0.1, -0.05) is 24.3 Å². The second kappa shape index (κ2) is 6.91. The van der Waals surface area contributed by atoms with Gasteiger partial charge in [-0.15, -0.1) is 0 Å². The van der Waals surface area contributed by atoms with E-state index in [2.05, 4.69) is 4.74 Å². The fourth-order valence-corrected chi connectivity index (χ4v) is 2.20. The fourth-order valence-electron chi connectivity index (χ4n) is 2.20. The molecule has 0 aliphatic carbocycles. The van der Waals surface area contributed by atoms with Gasteiger partial charge >= 0.3 is 12.1 Å². The maximum absolute atomic E-state index is 12.0. The highest BCUT2D eigenvalue weighted by molar-refractivity contribution is 5.82. The van der Waals surface area contributed by atoms with Crippen LogP contribution < -0.4 is 5.73 Å². The van der Waals surface area contributed by atoms with Crippen molar-refractivity contribution in [2.75, 3.05) is 19.8 Å². The molecule has 4 nitrogen and oxygen atoms in total. The van der Waals surface area contributed by atoms with Gasteiger partial charge in [-0.3, -0.25) is 4.79 Å². The van der Waals surface area contributed by atoms with Crippen LogP contribution in [0.2, 0.25) is 0 Å². The molecule has 0 spiro atoms. The topological polar surface area (TPSA) is 72.5 Å². The normalized spacial score (nSPS) is 14.7. The molecule has 1 rings (SSSR count). The Bertz CT molecular complexity index is 491. The molecule has 3 N–H and O–H groups in total. The Kier molecular flexibility index (Phi) is 5.74.